The Morgan fingerprint density at radius 1 is 1.17 bits per heavy atom. The standard InChI is InChI=1S/C6H4O6/c7-2-3(1-4(8)9)5(10)6(11)12/h1H2,(H,8,9)(H,11,12). The van der Waals surface area contributed by atoms with Crippen LogP contribution in [0.5, 0.6) is 0 Å². The van der Waals surface area contributed by atoms with Crippen molar-refractivity contribution in [2.45, 2.75) is 6.42 Å². The first-order valence-electron chi connectivity index (χ1n) is 2.72. The third-order valence-electron chi connectivity index (χ3n) is 0.920. The van der Waals surface area contributed by atoms with Gasteiger partial charge in [0.15, 0.2) is 0 Å². The summed E-state index contributed by atoms with van der Waals surface area (Å²) in [6.07, 6.45) is -0.922. The van der Waals surface area contributed by atoms with Crippen LogP contribution in [0.1, 0.15) is 6.42 Å². The Hall–Kier alpha value is -1.94. The molecular weight excluding hydrogens is 168 g/mol. The van der Waals surface area contributed by atoms with Crippen molar-refractivity contribution in [2.75, 3.05) is 0 Å². The van der Waals surface area contributed by atoms with Crippen molar-refractivity contribution >= 4 is 23.7 Å². The predicted molar refractivity (Wildman–Crippen MR) is 34.1 cm³/mol. The molecule has 0 radical (unpaired) electrons. The van der Waals surface area contributed by atoms with Gasteiger partial charge in [-0.05, 0) is 0 Å². The van der Waals surface area contributed by atoms with Gasteiger partial charge in [-0.1, -0.05) is 0 Å². The summed E-state index contributed by atoms with van der Waals surface area (Å²) < 4.78 is 0. The van der Waals surface area contributed by atoms with Gasteiger partial charge in [-0.25, -0.2) is 9.59 Å². The van der Waals surface area contributed by atoms with E-state index in [9.17, 15) is 19.2 Å². The molecular formula is C6H4O6. The van der Waals surface area contributed by atoms with E-state index in [1.807, 2.05) is 0 Å². The zero-order valence-corrected chi connectivity index (χ0v) is 5.73. The summed E-state index contributed by atoms with van der Waals surface area (Å²) in [4.78, 5) is 40.2. The molecule has 12 heavy (non-hydrogen) atoms. The third-order valence-corrected chi connectivity index (χ3v) is 0.920. The number of aliphatic carboxylic acids is 2. The summed E-state index contributed by atoms with van der Waals surface area (Å²) in [6.45, 7) is 0. The van der Waals surface area contributed by atoms with Crippen molar-refractivity contribution < 1.29 is 29.4 Å². The predicted octanol–water partition coefficient (Wildman–Crippen LogP) is -1.13. The minimum Gasteiger partial charge on any atom is -0.481 e. The second-order valence-corrected chi connectivity index (χ2v) is 1.79. The fraction of sp³-hybridized carbons (Fsp3) is 0.167. The molecule has 0 unspecified atom stereocenters. The summed E-state index contributed by atoms with van der Waals surface area (Å²) in [5.74, 6) is -3.89. The lowest BCUT2D eigenvalue weighted by Crippen LogP contribution is -2.17. The highest BCUT2D eigenvalue weighted by molar-refractivity contribution is 6.41. The SMILES string of the molecule is O=C=C(CC(=O)O)C(=O)C(=O)O. The van der Waals surface area contributed by atoms with Crippen LogP contribution in [0.25, 0.3) is 0 Å². The van der Waals surface area contributed by atoms with E-state index in [0.717, 1.165) is 5.94 Å². The second-order valence-electron chi connectivity index (χ2n) is 1.79. The van der Waals surface area contributed by atoms with Crippen molar-refractivity contribution in [3.05, 3.63) is 5.57 Å². The average molecular weight is 172 g/mol. The van der Waals surface area contributed by atoms with Gasteiger partial charge >= 0.3 is 11.9 Å². The first-order chi connectivity index (χ1) is 5.49. The summed E-state index contributed by atoms with van der Waals surface area (Å²) in [7, 11) is 0. The van der Waals surface area contributed by atoms with E-state index in [0.29, 0.717) is 0 Å². The number of carboxylic acids is 2. The van der Waals surface area contributed by atoms with Gasteiger partial charge in [-0.3, -0.25) is 9.59 Å². The highest BCUT2D eigenvalue weighted by atomic mass is 16.4. The Kier molecular flexibility index (Phi) is 3.39. The van der Waals surface area contributed by atoms with Crippen molar-refractivity contribution in [3.8, 4) is 0 Å². The van der Waals surface area contributed by atoms with Gasteiger partial charge in [0.2, 0.25) is 0 Å². The highest BCUT2D eigenvalue weighted by Crippen LogP contribution is 1.98. The molecule has 0 spiro atoms. The molecule has 0 aromatic carbocycles. The minimum absolute atomic E-state index is 0.894. The maximum atomic E-state index is 10.4. The van der Waals surface area contributed by atoms with Gasteiger partial charge < -0.3 is 10.2 Å². The fourth-order valence-corrected chi connectivity index (χ4v) is 0.443. The Labute approximate surface area is 66.1 Å². The quantitative estimate of drug-likeness (QED) is 0.315. The summed E-state index contributed by atoms with van der Waals surface area (Å²) in [6, 6.07) is 0. The van der Waals surface area contributed by atoms with Crippen LogP contribution in [0.2, 0.25) is 0 Å². The molecule has 0 aromatic rings. The molecule has 0 atom stereocenters. The van der Waals surface area contributed by atoms with Gasteiger partial charge in [0.05, 0.1) is 6.42 Å². The Balaban J connectivity index is 4.61. The van der Waals surface area contributed by atoms with Crippen LogP contribution in [-0.2, 0) is 19.2 Å². The van der Waals surface area contributed by atoms with E-state index >= 15 is 0 Å². The lowest BCUT2D eigenvalue weighted by molar-refractivity contribution is -0.147. The fourth-order valence-electron chi connectivity index (χ4n) is 0.443. The molecule has 0 aliphatic rings. The number of carbonyl (C=O) groups is 3. The van der Waals surface area contributed by atoms with Crippen molar-refractivity contribution in [2.24, 2.45) is 0 Å². The van der Waals surface area contributed by atoms with Gasteiger partial charge in [0, 0.05) is 0 Å². The van der Waals surface area contributed by atoms with Crippen LogP contribution >= 0.6 is 0 Å². The zero-order chi connectivity index (χ0) is 9.72. The molecule has 0 aliphatic heterocycles. The molecule has 0 heterocycles. The third kappa shape index (κ3) is 2.76. The summed E-state index contributed by atoms with van der Waals surface area (Å²) in [5, 5.41) is 16.2. The minimum atomic E-state index is -1.87. The number of ketones is 1. The summed E-state index contributed by atoms with van der Waals surface area (Å²) in [5.41, 5.74) is -0.894. The van der Waals surface area contributed by atoms with Gasteiger partial charge in [-0.2, -0.15) is 0 Å². The van der Waals surface area contributed by atoms with Gasteiger partial charge in [0.25, 0.3) is 5.78 Å². The van der Waals surface area contributed by atoms with Crippen molar-refractivity contribution in [1.29, 1.82) is 0 Å². The topological polar surface area (TPSA) is 109 Å². The van der Waals surface area contributed by atoms with Crippen LogP contribution in [-0.4, -0.2) is 33.9 Å². The molecule has 6 heteroatoms. The number of hydrogen-bond donors (Lipinski definition) is 2. The van der Waals surface area contributed by atoms with Crippen molar-refractivity contribution in [3.63, 3.8) is 0 Å². The number of carboxylic acid groups (broad SMARTS) is 2. The average Bonchev–Trinajstić information content (AvgIpc) is 1.98. The smallest absolute Gasteiger partial charge is 0.377 e. The van der Waals surface area contributed by atoms with E-state index in [1.54, 1.807) is 0 Å². The monoisotopic (exact) mass is 172 g/mol. The second kappa shape index (κ2) is 4.05. The first kappa shape index (κ1) is 10.1. The van der Waals surface area contributed by atoms with E-state index in [2.05, 4.69) is 0 Å². The maximum absolute atomic E-state index is 10.4. The van der Waals surface area contributed by atoms with Gasteiger partial charge in [-0.15, -0.1) is 0 Å². The summed E-state index contributed by atoms with van der Waals surface area (Å²) >= 11 is 0. The molecule has 0 amide bonds. The molecule has 6 nitrogen and oxygen atoms in total. The Bertz CT molecular complexity index is 282. The normalized spacial score (nSPS) is 8.33. The Morgan fingerprint density at radius 2 is 1.67 bits per heavy atom. The molecule has 0 fully saturated rings. The largest absolute Gasteiger partial charge is 0.481 e. The van der Waals surface area contributed by atoms with E-state index in [1.165, 1.54) is 0 Å². The number of Topliss-reactive ketones (excluding diaryl/α,β-unsaturated/α-hetero) is 1. The zero-order valence-electron chi connectivity index (χ0n) is 5.73. The van der Waals surface area contributed by atoms with Crippen LogP contribution in [0.3, 0.4) is 0 Å². The molecule has 2 N–H and O–H groups in total. The first-order valence-corrected chi connectivity index (χ1v) is 2.72. The van der Waals surface area contributed by atoms with Crippen LogP contribution < -0.4 is 0 Å². The molecule has 0 aliphatic carbocycles. The number of rotatable bonds is 4. The molecule has 0 bridgehead atoms. The Morgan fingerprint density at radius 3 is 1.92 bits per heavy atom. The van der Waals surface area contributed by atoms with E-state index in [4.69, 9.17) is 10.2 Å². The maximum Gasteiger partial charge on any atom is 0.377 e. The van der Waals surface area contributed by atoms with Crippen molar-refractivity contribution in [1.82, 2.24) is 0 Å². The molecule has 0 saturated heterocycles. The van der Waals surface area contributed by atoms with Crippen LogP contribution in [0, 0.1) is 0 Å². The number of hydrogen-bond acceptors (Lipinski definition) is 4. The molecule has 0 aromatic heterocycles. The molecule has 64 valence electrons. The van der Waals surface area contributed by atoms with E-state index in [-0.39, 0.29) is 0 Å². The lowest BCUT2D eigenvalue weighted by Gasteiger charge is -1.92. The lowest BCUT2D eigenvalue weighted by atomic mass is 10.1. The number of carbonyl (C=O) groups excluding carboxylic acids is 2. The molecule has 0 saturated carbocycles. The van der Waals surface area contributed by atoms with Crippen LogP contribution in [0.4, 0.5) is 0 Å². The van der Waals surface area contributed by atoms with E-state index < -0.39 is 29.7 Å². The molecule has 0 rings (SSSR count). The highest BCUT2D eigenvalue weighted by Gasteiger charge is 2.20. The van der Waals surface area contributed by atoms with Crippen LogP contribution in [0.15, 0.2) is 5.57 Å². The van der Waals surface area contributed by atoms with Gasteiger partial charge in [0.1, 0.15) is 11.5 Å².